The van der Waals surface area contributed by atoms with Crippen LogP contribution in [0, 0.1) is 0 Å². The summed E-state index contributed by atoms with van der Waals surface area (Å²) in [5.74, 6) is 0. The zero-order chi connectivity index (χ0) is 10.1. The van der Waals surface area contributed by atoms with E-state index in [1.54, 1.807) is 0 Å². The Labute approximate surface area is 74.2 Å². The Balaban J connectivity index is 2.98. The van der Waals surface area contributed by atoms with Crippen LogP contribution in [-0.2, 0) is 4.74 Å². The molecule has 0 spiro atoms. The smallest absolute Gasteiger partial charge is 0.355 e. The lowest BCUT2D eigenvalue weighted by molar-refractivity contribution is -0.171. The second kappa shape index (κ2) is 3.03. The largest absolute Gasteiger partial charge is 0.424 e. The van der Waals surface area contributed by atoms with Crippen molar-refractivity contribution in [2.24, 2.45) is 0 Å². The molecule has 0 aromatic rings. The van der Waals surface area contributed by atoms with Gasteiger partial charge in [0, 0.05) is 0 Å². The van der Waals surface area contributed by atoms with Gasteiger partial charge in [-0.1, -0.05) is 31.4 Å². The molecule has 4 heteroatoms. The summed E-state index contributed by atoms with van der Waals surface area (Å²) in [6, 6.07) is 0. The summed E-state index contributed by atoms with van der Waals surface area (Å²) in [5.41, 5.74) is -2.11. The van der Waals surface area contributed by atoms with Crippen LogP contribution in [0.2, 0.25) is 0 Å². The van der Waals surface area contributed by atoms with Crippen molar-refractivity contribution >= 4 is 0 Å². The molecular weight excluding hydrogens is 181 g/mol. The Morgan fingerprint density at radius 2 is 1.92 bits per heavy atom. The average Bonchev–Trinajstić information content (AvgIpc) is 2.78. The van der Waals surface area contributed by atoms with E-state index in [-0.39, 0.29) is 12.2 Å². The zero-order valence-electron chi connectivity index (χ0n) is 6.90. The molecule has 1 unspecified atom stereocenters. The van der Waals surface area contributed by atoms with Crippen LogP contribution >= 0.6 is 0 Å². The number of hydrogen-bond acceptors (Lipinski definition) is 1. The molecule has 0 amide bonds. The summed E-state index contributed by atoms with van der Waals surface area (Å²) in [6.07, 6.45) is -0.697. The molecule has 0 radical (unpaired) electrons. The maximum Gasteiger partial charge on any atom is 0.424 e. The normalized spacial score (nSPS) is 28.4. The van der Waals surface area contributed by atoms with Crippen molar-refractivity contribution in [3.05, 3.63) is 37.0 Å². The lowest BCUT2D eigenvalue weighted by Gasteiger charge is -2.16. The minimum absolute atomic E-state index is 0.00926. The first kappa shape index (κ1) is 10.1. The van der Waals surface area contributed by atoms with E-state index in [9.17, 15) is 13.2 Å². The number of epoxide rings is 1. The van der Waals surface area contributed by atoms with Gasteiger partial charge in [-0.3, -0.25) is 0 Å². The summed E-state index contributed by atoms with van der Waals surface area (Å²) in [6.45, 7) is 6.30. The Hall–Kier alpha value is -1.03. The topological polar surface area (TPSA) is 12.5 Å². The van der Waals surface area contributed by atoms with Gasteiger partial charge in [0.1, 0.15) is 0 Å². The summed E-state index contributed by atoms with van der Waals surface area (Å²) in [7, 11) is 0. The molecule has 1 aliphatic rings. The van der Waals surface area contributed by atoms with E-state index in [1.807, 2.05) is 0 Å². The molecule has 1 atom stereocenters. The van der Waals surface area contributed by atoms with Crippen LogP contribution in [0.3, 0.4) is 0 Å². The fraction of sp³-hybridized carbons (Fsp3) is 0.333. The SMILES string of the molecule is C=C/C=C(\C=C)C1(C(F)(F)F)CO1. The highest BCUT2D eigenvalue weighted by Crippen LogP contribution is 2.49. The van der Waals surface area contributed by atoms with Crippen molar-refractivity contribution < 1.29 is 17.9 Å². The summed E-state index contributed by atoms with van der Waals surface area (Å²) >= 11 is 0. The Bertz CT molecular complexity index is 259. The standard InChI is InChI=1S/C9H9F3O/c1-3-5-7(4-2)8(6-13-8)9(10,11)12/h3-5H,1-2,6H2/b7-5+. The number of alkyl halides is 3. The first-order valence-corrected chi connectivity index (χ1v) is 3.64. The van der Waals surface area contributed by atoms with Crippen molar-refractivity contribution in [1.82, 2.24) is 0 Å². The van der Waals surface area contributed by atoms with Gasteiger partial charge >= 0.3 is 6.18 Å². The van der Waals surface area contributed by atoms with Gasteiger partial charge in [-0.25, -0.2) is 0 Å². The van der Waals surface area contributed by atoms with Gasteiger partial charge in [0.05, 0.1) is 6.61 Å². The van der Waals surface area contributed by atoms with Gasteiger partial charge in [0.2, 0.25) is 5.60 Å². The highest BCUT2D eigenvalue weighted by atomic mass is 19.4. The Kier molecular flexibility index (Phi) is 2.34. The second-order valence-electron chi connectivity index (χ2n) is 2.68. The van der Waals surface area contributed by atoms with Gasteiger partial charge in [-0.05, 0) is 5.57 Å². The van der Waals surface area contributed by atoms with Crippen molar-refractivity contribution in [3.63, 3.8) is 0 Å². The number of rotatable bonds is 3. The van der Waals surface area contributed by atoms with Crippen molar-refractivity contribution in [2.45, 2.75) is 11.8 Å². The third kappa shape index (κ3) is 1.54. The average molecular weight is 190 g/mol. The van der Waals surface area contributed by atoms with Crippen LogP contribution in [0.5, 0.6) is 0 Å². The van der Waals surface area contributed by atoms with Crippen molar-refractivity contribution in [2.75, 3.05) is 6.61 Å². The number of allylic oxidation sites excluding steroid dienone is 2. The minimum Gasteiger partial charge on any atom is -0.355 e. The molecule has 1 heterocycles. The molecule has 0 saturated carbocycles. The van der Waals surface area contributed by atoms with E-state index >= 15 is 0 Å². The van der Waals surface area contributed by atoms with Crippen LogP contribution < -0.4 is 0 Å². The van der Waals surface area contributed by atoms with Crippen LogP contribution in [0.15, 0.2) is 37.0 Å². The van der Waals surface area contributed by atoms with Gasteiger partial charge < -0.3 is 4.74 Å². The number of hydrogen-bond donors (Lipinski definition) is 0. The highest BCUT2D eigenvalue weighted by molar-refractivity contribution is 5.37. The third-order valence-corrected chi connectivity index (χ3v) is 1.87. The van der Waals surface area contributed by atoms with Crippen molar-refractivity contribution in [3.8, 4) is 0 Å². The van der Waals surface area contributed by atoms with Gasteiger partial charge in [0.15, 0.2) is 0 Å². The van der Waals surface area contributed by atoms with Gasteiger partial charge in [0.25, 0.3) is 0 Å². The lowest BCUT2D eigenvalue weighted by atomic mass is 9.99. The predicted molar refractivity (Wildman–Crippen MR) is 43.2 cm³/mol. The molecule has 0 N–H and O–H groups in total. The van der Waals surface area contributed by atoms with E-state index in [1.165, 1.54) is 12.2 Å². The van der Waals surface area contributed by atoms with E-state index in [4.69, 9.17) is 0 Å². The van der Waals surface area contributed by atoms with E-state index < -0.39 is 11.8 Å². The second-order valence-corrected chi connectivity index (χ2v) is 2.68. The maximum atomic E-state index is 12.4. The van der Waals surface area contributed by atoms with Crippen molar-refractivity contribution in [1.29, 1.82) is 0 Å². The molecule has 13 heavy (non-hydrogen) atoms. The maximum absolute atomic E-state index is 12.4. The van der Waals surface area contributed by atoms with E-state index in [2.05, 4.69) is 17.9 Å². The molecule has 1 fully saturated rings. The lowest BCUT2D eigenvalue weighted by Crippen LogP contribution is -2.34. The van der Waals surface area contributed by atoms with Gasteiger partial charge in [-0.2, -0.15) is 13.2 Å². The Morgan fingerprint density at radius 1 is 1.38 bits per heavy atom. The monoisotopic (exact) mass is 190 g/mol. The number of halogens is 3. The van der Waals surface area contributed by atoms with Crippen LogP contribution in [0.4, 0.5) is 13.2 Å². The molecular formula is C9H9F3O. The molecule has 72 valence electrons. The molecule has 0 bridgehead atoms. The fourth-order valence-electron chi connectivity index (χ4n) is 1.06. The predicted octanol–water partition coefficient (Wildman–Crippen LogP) is 2.62. The summed E-state index contributed by atoms with van der Waals surface area (Å²) in [4.78, 5) is 0. The third-order valence-electron chi connectivity index (χ3n) is 1.87. The van der Waals surface area contributed by atoms with Gasteiger partial charge in [-0.15, -0.1) is 0 Å². The quantitative estimate of drug-likeness (QED) is 0.492. The molecule has 1 nitrogen and oxygen atoms in total. The molecule has 1 aliphatic heterocycles. The number of ether oxygens (including phenoxy) is 1. The van der Waals surface area contributed by atoms with E-state index in [0.29, 0.717) is 0 Å². The first-order chi connectivity index (χ1) is 5.98. The molecule has 1 saturated heterocycles. The highest BCUT2D eigenvalue weighted by Gasteiger charge is 2.67. The fourth-order valence-corrected chi connectivity index (χ4v) is 1.06. The minimum atomic E-state index is -4.38. The molecule has 0 aliphatic carbocycles. The molecule has 0 aromatic heterocycles. The molecule has 1 rings (SSSR count). The van der Waals surface area contributed by atoms with Crippen LogP contribution in [-0.4, -0.2) is 18.4 Å². The molecule has 0 aromatic carbocycles. The summed E-state index contributed by atoms with van der Waals surface area (Å²) < 4.78 is 41.7. The van der Waals surface area contributed by atoms with E-state index in [0.717, 1.165) is 6.08 Å². The van der Waals surface area contributed by atoms with Crippen LogP contribution in [0.25, 0.3) is 0 Å². The Morgan fingerprint density at radius 3 is 2.15 bits per heavy atom. The van der Waals surface area contributed by atoms with Crippen LogP contribution in [0.1, 0.15) is 0 Å². The summed E-state index contributed by atoms with van der Waals surface area (Å²) in [5, 5.41) is 0. The zero-order valence-corrected chi connectivity index (χ0v) is 6.90. The first-order valence-electron chi connectivity index (χ1n) is 3.64.